The molecule has 0 aromatic heterocycles. The average Bonchev–Trinajstić information content (AvgIpc) is 2.38. The highest BCUT2D eigenvalue weighted by molar-refractivity contribution is 5.73. The molecule has 108 valence electrons. The van der Waals surface area contributed by atoms with Crippen molar-refractivity contribution in [3.63, 3.8) is 0 Å². The van der Waals surface area contributed by atoms with Gasteiger partial charge in [-0.25, -0.2) is 4.79 Å². The number of aliphatic hydroxyl groups is 2. The van der Waals surface area contributed by atoms with Gasteiger partial charge in [-0.2, -0.15) is 0 Å². The Labute approximate surface area is 114 Å². The second-order valence-corrected chi connectivity index (χ2v) is 4.92. The Morgan fingerprint density at radius 1 is 1.05 bits per heavy atom. The number of hydrogen-bond donors (Lipinski definition) is 4. The maximum Gasteiger partial charge on any atom is 0.314 e. The molecule has 0 saturated carbocycles. The van der Waals surface area contributed by atoms with Crippen LogP contribution >= 0.6 is 0 Å². The molecule has 2 atom stereocenters. The largest absolute Gasteiger partial charge is 0.384 e. The molecular formula is C14H24N2O3. The van der Waals surface area contributed by atoms with Crippen LogP contribution in [0, 0.1) is 0 Å². The van der Waals surface area contributed by atoms with E-state index in [9.17, 15) is 15.0 Å². The Morgan fingerprint density at radius 2 is 1.63 bits per heavy atom. The van der Waals surface area contributed by atoms with Gasteiger partial charge in [0.25, 0.3) is 0 Å². The molecule has 0 spiro atoms. The number of nitrogens with one attached hydrogen (secondary N) is 2. The molecule has 0 bridgehead atoms. The number of rotatable bonds is 4. The van der Waals surface area contributed by atoms with Crippen molar-refractivity contribution in [2.45, 2.75) is 46.3 Å². The minimum absolute atomic E-state index is 0.213. The van der Waals surface area contributed by atoms with Gasteiger partial charge in [0.2, 0.25) is 0 Å². The lowest BCUT2D eigenvalue weighted by Gasteiger charge is -2.30. The van der Waals surface area contributed by atoms with Crippen molar-refractivity contribution >= 4 is 6.03 Å². The highest BCUT2D eigenvalue weighted by Gasteiger charge is 2.27. The molecule has 5 nitrogen and oxygen atoms in total. The molecule has 2 amide bonds. The van der Waals surface area contributed by atoms with Crippen LogP contribution in [0.3, 0.4) is 0 Å². The van der Waals surface area contributed by atoms with E-state index in [1.807, 2.05) is 27.7 Å². The Balaban J connectivity index is 2.65. The number of urea groups is 1. The first-order chi connectivity index (χ1) is 8.90. The summed E-state index contributed by atoms with van der Waals surface area (Å²) in [6.07, 6.45) is -0.742. The number of carbonyl (C=O) groups excluding carboxylic acids is 1. The summed E-state index contributed by atoms with van der Waals surface area (Å²) in [6.45, 7) is 8.35. The first kappa shape index (κ1) is 15.7. The molecule has 1 aliphatic carbocycles. The number of carbonyl (C=O) groups is 1. The number of amides is 2. The van der Waals surface area contributed by atoms with E-state index < -0.39 is 12.2 Å². The van der Waals surface area contributed by atoms with Crippen molar-refractivity contribution in [3.8, 4) is 0 Å². The summed E-state index contributed by atoms with van der Waals surface area (Å²) in [6, 6.07) is -0.213. The van der Waals surface area contributed by atoms with Crippen LogP contribution in [-0.4, -0.2) is 41.5 Å². The molecule has 0 radical (unpaired) electrons. The normalized spacial score (nSPS) is 23.7. The van der Waals surface area contributed by atoms with Gasteiger partial charge in [0.1, 0.15) is 0 Å². The van der Waals surface area contributed by atoms with Crippen LogP contribution < -0.4 is 10.6 Å². The molecule has 5 heteroatoms. The van der Waals surface area contributed by atoms with Gasteiger partial charge in [0.15, 0.2) is 0 Å². The molecule has 0 saturated heterocycles. The molecule has 0 fully saturated rings. The predicted octanol–water partition coefficient (Wildman–Crippen LogP) is 1.08. The van der Waals surface area contributed by atoms with Gasteiger partial charge in [-0.1, -0.05) is 0 Å². The molecule has 0 aromatic rings. The third-order valence-corrected chi connectivity index (χ3v) is 3.71. The fraction of sp³-hybridized carbons (Fsp3) is 0.643. The Morgan fingerprint density at radius 3 is 2.21 bits per heavy atom. The molecule has 4 N–H and O–H groups in total. The van der Waals surface area contributed by atoms with Crippen LogP contribution in [0.15, 0.2) is 22.3 Å². The highest BCUT2D eigenvalue weighted by Crippen LogP contribution is 2.31. The third kappa shape index (κ3) is 3.58. The first-order valence-electron chi connectivity index (χ1n) is 6.64. The molecule has 0 aromatic carbocycles. The molecular weight excluding hydrogens is 244 g/mol. The van der Waals surface area contributed by atoms with E-state index in [1.165, 1.54) is 0 Å². The maximum absolute atomic E-state index is 11.3. The minimum atomic E-state index is -0.653. The van der Waals surface area contributed by atoms with Crippen LogP contribution in [0.5, 0.6) is 0 Å². The van der Waals surface area contributed by atoms with E-state index >= 15 is 0 Å². The zero-order chi connectivity index (χ0) is 14.6. The fourth-order valence-corrected chi connectivity index (χ4v) is 2.28. The van der Waals surface area contributed by atoms with Gasteiger partial charge in [0, 0.05) is 13.1 Å². The molecule has 1 rings (SSSR count). The molecule has 0 heterocycles. The van der Waals surface area contributed by atoms with Crippen LogP contribution in [0.1, 0.15) is 34.1 Å². The van der Waals surface area contributed by atoms with Crippen molar-refractivity contribution in [2.24, 2.45) is 0 Å². The van der Waals surface area contributed by atoms with Crippen LogP contribution in [0.2, 0.25) is 0 Å². The highest BCUT2D eigenvalue weighted by atomic mass is 16.3. The fourth-order valence-electron chi connectivity index (χ4n) is 2.28. The average molecular weight is 268 g/mol. The summed E-state index contributed by atoms with van der Waals surface area (Å²) >= 11 is 0. The van der Waals surface area contributed by atoms with E-state index in [2.05, 4.69) is 10.6 Å². The lowest BCUT2D eigenvalue weighted by Crippen LogP contribution is -2.37. The number of aliphatic hydroxyl groups excluding tert-OH is 2. The van der Waals surface area contributed by atoms with Crippen molar-refractivity contribution in [1.82, 2.24) is 10.6 Å². The summed E-state index contributed by atoms with van der Waals surface area (Å²) in [5, 5.41) is 25.6. The van der Waals surface area contributed by atoms with Gasteiger partial charge < -0.3 is 20.8 Å². The lowest BCUT2D eigenvalue weighted by atomic mass is 9.82. The molecule has 2 unspecified atom stereocenters. The van der Waals surface area contributed by atoms with E-state index in [4.69, 9.17) is 0 Å². The summed E-state index contributed by atoms with van der Waals surface area (Å²) in [7, 11) is 0. The van der Waals surface area contributed by atoms with Crippen LogP contribution in [0.4, 0.5) is 4.79 Å². The quantitative estimate of drug-likeness (QED) is 0.576. The monoisotopic (exact) mass is 268 g/mol. The van der Waals surface area contributed by atoms with Gasteiger partial charge in [-0.05, 0) is 56.4 Å². The van der Waals surface area contributed by atoms with Crippen LogP contribution in [0.25, 0.3) is 0 Å². The van der Waals surface area contributed by atoms with Crippen molar-refractivity contribution in [1.29, 1.82) is 0 Å². The smallest absolute Gasteiger partial charge is 0.314 e. The zero-order valence-corrected chi connectivity index (χ0v) is 12.1. The first-order valence-corrected chi connectivity index (χ1v) is 6.64. The van der Waals surface area contributed by atoms with Gasteiger partial charge in [0.05, 0.1) is 12.2 Å². The Bertz CT molecular complexity index is 413. The summed E-state index contributed by atoms with van der Waals surface area (Å²) in [5.74, 6) is 0. The van der Waals surface area contributed by atoms with Crippen LogP contribution in [-0.2, 0) is 0 Å². The minimum Gasteiger partial charge on any atom is -0.384 e. The lowest BCUT2D eigenvalue weighted by molar-refractivity contribution is 0.198. The summed E-state index contributed by atoms with van der Waals surface area (Å²) in [5.41, 5.74) is 3.19. The summed E-state index contributed by atoms with van der Waals surface area (Å²) < 4.78 is 0. The van der Waals surface area contributed by atoms with E-state index in [1.54, 1.807) is 0 Å². The van der Waals surface area contributed by atoms with E-state index in [-0.39, 0.29) is 6.03 Å². The van der Waals surface area contributed by atoms with Crippen molar-refractivity contribution in [3.05, 3.63) is 22.3 Å². The predicted molar refractivity (Wildman–Crippen MR) is 74.8 cm³/mol. The Hall–Kier alpha value is -1.33. The van der Waals surface area contributed by atoms with E-state index in [0.29, 0.717) is 19.5 Å². The molecule has 1 aliphatic rings. The second kappa shape index (κ2) is 6.73. The second-order valence-electron chi connectivity index (χ2n) is 4.92. The number of hydrogen-bond acceptors (Lipinski definition) is 3. The topological polar surface area (TPSA) is 81.6 Å². The van der Waals surface area contributed by atoms with Gasteiger partial charge >= 0.3 is 6.03 Å². The SMILES string of the molecule is CCNC(=O)NCCC1=C(C)C(O)C(C)=C(C)C1O. The Kier molecular flexibility index (Phi) is 5.57. The summed E-state index contributed by atoms with van der Waals surface area (Å²) in [4.78, 5) is 11.3. The van der Waals surface area contributed by atoms with E-state index in [0.717, 1.165) is 22.3 Å². The third-order valence-electron chi connectivity index (χ3n) is 3.71. The van der Waals surface area contributed by atoms with Crippen molar-refractivity contribution in [2.75, 3.05) is 13.1 Å². The van der Waals surface area contributed by atoms with Gasteiger partial charge in [-0.15, -0.1) is 0 Å². The molecule has 0 aliphatic heterocycles. The maximum atomic E-state index is 11.3. The van der Waals surface area contributed by atoms with Crippen molar-refractivity contribution < 1.29 is 15.0 Å². The van der Waals surface area contributed by atoms with Gasteiger partial charge in [-0.3, -0.25) is 0 Å². The molecule has 19 heavy (non-hydrogen) atoms. The zero-order valence-electron chi connectivity index (χ0n) is 12.1. The standard InChI is InChI=1S/C14H24N2O3/c1-5-15-14(19)16-7-6-11-10(4)12(17)8(2)9(3)13(11)18/h12-13,17-18H,5-7H2,1-4H3,(H2,15,16,19).